The molecule has 2 aromatic carbocycles. The molecule has 1 amide bonds. The third-order valence-electron chi connectivity index (χ3n) is 3.64. The first-order chi connectivity index (χ1) is 13.0. The molecular weight excluding hydrogens is 375 g/mol. The molecule has 1 N–H and O–H groups in total. The number of hydrogen-bond donors (Lipinski definition) is 1. The maximum atomic E-state index is 13.0. The Morgan fingerprint density at radius 1 is 1.00 bits per heavy atom. The third kappa shape index (κ3) is 5.73. The standard InChI is InChI=1S/C20H20F3NO4/c1-19(2,3)18(26)28-24-17(25)15-10-9-14(20(21,22)23)11-16(15)27-12-13-7-5-4-6-8-13/h4-11H,12H2,1-3H3,(H,24,25). The molecule has 0 aliphatic heterocycles. The zero-order valence-corrected chi connectivity index (χ0v) is 15.6. The average Bonchev–Trinajstić information content (AvgIpc) is 2.63. The first kappa shape index (κ1) is 21.3. The Balaban J connectivity index is 2.23. The van der Waals surface area contributed by atoms with E-state index < -0.39 is 29.0 Å². The summed E-state index contributed by atoms with van der Waals surface area (Å²) < 4.78 is 44.5. The lowest BCUT2D eigenvalue weighted by Crippen LogP contribution is -2.33. The molecule has 5 nitrogen and oxygen atoms in total. The zero-order valence-electron chi connectivity index (χ0n) is 15.6. The van der Waals surface area contributed by atoms with Gasteiger partial charge in [0.25, 0.3) is 5.91 Å². The van der Waals surface area contributed by atoms with Gasteiger partial charge in [-0.3, -0.25) is 4.79 Å². The predicted molar refractivity (Wildman–Crippen MR) is 95.2 cm³/mol. The van der Waals surface area contributed by atoms with Crippen LogP contribution >= 0.6 is 0 Å². The minimum Gasteiger partial charge on any atom is -0.488 e. The number of carbonyl (C=O) groups is 2. The quantitative estimate of drug-likeness (QED) is 0.774. The van der Waals surface area contributed by atoms with Crippen molar-refractivity contribution in [1.82, 2.24) is 5.48 Å². The van der Waals surface area contributed by atoms with Crippen LogP contribution in [0.2, 0.25) is 0 Å². The van der Waals surface area contributed by atoms with Gasteiger partial charge in [0.1, 0.15) is 12.4 Å². The van der Waals surface area contributed by atoms with Crippen molar-refractivity contribution < 1.29 is 32.3 Å². The number of hydroxylamine groups is 1. The van der Waals surface area contributed by atoms with Gasteiger partial charge in [-0.15, -0.1) is 0 Å². The number of carbonyl (C=O) groups excluding carboxylic acids is 2. The second-order valence-corrected chi connectivity index (χ2v) is 7.05. The molecule has 0 atom stereocenters. The van der Waals surface area contributed by atoms with E-state index >= 15 is 0 Å². The van der Waals surface area contributed by atoms with Gasteiger partial charge in [0.2, 0.25) is 0 Å². The Morgan fingerprint density at radius 3 is 2.21 bits per heavy atom. The molecule has 0 bridgehead atoms. The molecule has 8 heteroatoms. The minimum absolute atomic E-state index is 0.0375. The predicted octanol–water partition coefficient (Wildman–Crippen LogP) is 4.52. The van der Waals surface area contributed by atoms with Crippen molar-refractivity contribution in [3.05, 3.63) is 65.2 Å². The van der Waals surface area contributed by atoms with Crippen molar-refractivity contribution in [3.8, 4) is 5.75 Å². The van der Waals surface area contributed by atoms with Gasteiger partial charge in [0.05, 0.1) is 16.5 Å². The molecule has 2 rings (SSSR count). The van der Waals surface area contributed by atoms with E-state index in [1.165, 1.54) is 0 Å². The Morgan fingerprint density at radius 2 is 1.64 bits per heavy atom. The molecule has 0 heterocycles. The fourth-order valence-corrected chi connectivity index (χ4v) is 2.04. The first-order valence-corrected chi connectivity index (χ1v) is 8.38. The number of halogens is 3. The molecule has 0 radical (unpaired) electrons. The molecule has 150 valence electrons. The van der Waals surface area contributed by atoms with E-state index in [4.69, 9.17) is 9.57 Å². The maximum absolute atomic E-state index is 13.0. The normalized spacial score (nSPS) is 11.6. The Hall–Kier alpha value is -3.03. The fourth-order valence-electron chi connectivity index (χ4n) is 2.04. The van der Waals surface area contributed by atoms with Crippen LogP contribution in [0.4, 0.5) is 13.2 Å². The number of nitrogens with one attached hydrogen (secondary N) is 1. The van der Waals surface area contributed by atoms with E-state index in [0.29, 0.717) is 5.56 Å². The molecule has 0 saturated carbocycles. The summed E-state index contributed by atoms with van der Waals surface area (Å²) in [4.78, 5) is 28.8. The number of ether oxygens (including phenoxy) is 1. The van der Waals surface area contributed by atoms with E-state index in [9.17, 15) is 22.8 Å². The number of alkyl halides is 3. The van der Waals surface area contributed by atoms with Crippen LogP contribution in [0.3, 0.4) is 0 Å². The number of amides is 1. The summed E-state index contributed by atoms with van der Waals surface area (Å²) in [6, 6.07) is 11.2. The number of rotatable bonds is 4. The lowest BCUT2D eigenvalue weighted by Gasteiger charge is -2.17. The number of benzene rings is 2. The van der Waals surface area contributed by atoms with Gasteiger partial charge in [-0.25, -0.2) is 4.79 Å². The van der Waals surface area contributed by atoms with Crippen molar-refractivity contribution in [1.29, 1.82) is 0 Å². The van der Waals surface area contributed by atoms with Crippen molar-refractivity contribution in [2.75, 3.05) is 0 Å². The summed E-state index contributed by atoms with van der Waals surface area (Å²) in [6.45, 7) is 4.74. The Kier molecular flexibility index (Phi) is 6.33. The molecule has 0 saturated heterocycles. The molecule has 0 aromatic heterocycles. The molecule has 0 fully saturated rings. The van der Waals surface area contributed by atoms with Crippen LogP contribution in [0.1, 0.15) is 42.3 Å². The van der Waals surface area contributed by atoms with Gasteiger partial charge >= 0.3 is 12.1 Å². The SMILES string of the molecule is CC(C)(C)C(=O)ONC(=O)c1ccc(C(F)(F)F)cc1OCc1ccccc1. The molecule has 2 aromatic rings. The van der Waals surface area contributed by atoms with Crippen LogP contribution in [-0.4, -0.2) is 11.9 Å². The molecule has 0 spiro atoms. The average molecular weight is 395 g/mol. The molecule has 28 heavy (non-hydrogen) atoms. The molecule has 0 aliphatic carbocycles. The second kappa shape index (κ2) is 8.33. The molecular formula is C20H20F3NO4. The summed E-state index contributed by atoms with van der Waals surface area (Å²) in [5, 5.41) is 0. The van der Waals surface area contributed by atoms with Gasteiger partial charge in [-0.1, -0.05) is 30.3 Å². The van der Waals surface area contributed by atoms with Gasteiger partial charge in [-0.2, -0.15) is 18.7 Å². The summed E-state index contributed by atoms with van der Waals surface area (Å²) >= 11 is 0. The van der Waals surface area contributed by atoms with E-state index in [1.807, 2.05) is 5.48 Å². The van der Waals surface area contributed by atoms with Gasteiger partial charge in [0.15, 0.2) is 0 Å². The number of hydrogen-bond acceptors (Lipinski definition) is 4. The highest BCUT2D eigenvalue weighted by Crippen LogP contribution is 2.33. The fraction of sp³-hybridized carbons (Fsp3) is 0.300. The van der Waals surface area contributed by atoms with Crippen LogP contribution in [0.25, 0.3) is 0 Å². The van der Waals surface area contributed by atoms with Gasteiger partial charge < -0.3 is 9.57 Å². The molecule has 0 unspecified atom stereocenters. The third-order valence-corrected chi connectivity index (χ3v) is 3.64. The van der Waals surface area contributed by atoms with Crippen LogP contribution < -0.4 is 10.2 Å². The smallest absolute Gasteiger partial charge is 0.416 e. The van der Waals surface area contributed by atoms with Gasteiger partial charge in [0, 0.05) is 0 Å². The van der Waals surface area contributed by atoms with Crippen LogP contribution in [-0.2, 0) is 22.4 Å². The lowest BCUT2D eigenvalue weighted by atomic mass is 9.98. The van der Waals surface area contributed by atoms with E-state index in [2.05, 4.69) is 0 Å². The molecule has 0 aliphatic rings. The monoisotopic (exact) mass is 395 g/mol. The van der Waals surface area contributed by atoms with Crippen molar-refractivity contribution in [2.45, 2.75) is 33.6 Å². The van der Waals surface area contributed by atoms with Gasteiger partial charge in [-0.05, 0) is 44.5 Å². The van der Waals surface area contributed by atoms with Crippen LogP contribution in [0.5, 0.6) is 5.75 Å². The highest BCUT2D eigenvalue weighted by molar-refractivity contribution is 5.97. The lowest BCUT2D eigenvalue weighted by molar-refractivity contribution is -0.158. The van der Waals surface area contributed by atoms with Crippen molar-refractivity contribution in [2.24, 2.45) is 5.41 Å². The first-order valence-electron chi connectivity index (χ1n) is 8.38. The minimum atomic E-state index is -4.60. The van der Waals surface area contributed by atoms with Crippen LogP contribution in [0.15, 0.2) is 48.5 Å². The second-order valence-electron chi connectivity index (χ2n) is 7.05. The summed E-state index contributed by atoms with van der Waals surface area (Å²) in [6.07, 6.45) is -4.60. The maximum Gasteiger partial charge on any atom is 0.416 e. The Labute approximate surface area is 160 Å². The largest absolute Gasteiger partial charge is 0.488 e. The zero-order chi connectivity index (χ0) is 20.9. The van der Waals surface area contributed by atoms with Crippen LogP contribution in [0, 0.1) is 5.41 Å². The van der Waals surface area contributed by atoms with E-state index in [-0.39, 0.29) is 17.9 Å². The topological polar surface area (TPSA) is 64.6 Å². The highest BCUT2D eigenvalue weighted by Gasteiger charge is 2.32. The van der Waals surface area contributed by atoms with E-state index in [0.717, 1.165) is 18.2 Å². The highest BCUT2D eigenvalue weighted by atomic mass is 19.4. The Bertz CT molecular complexity index is 843. The summed E-state index contributed by atoms with van der Waals surface area (Å²) in [5.74, 6) is -1.86. The summed E-state index contributed by atoms with van der Waals surface area (Å²) in [7, 11) is 0. The summed E-state index contributed by atoms with van der Waals surface area (Å²) in [5.41, 5.74) is 0.656. The van der Waals surface area contributed by atoms with E-state index in [1.54, 1.807) is 51.1 Å². The van der Waals surface area contributed by atoms with Crippen molar-refractivity contribution in [3.63, 3.8) is 0 Å². The van der Waals surface area contributed by atoms with Crippen molar-refractivity contribution >= 4 is 11.9 Å².